The predicted molar refractivity (Wildman–Crippen MR) is 52.6 cm³/mol. The van der Waals surface area contributed by atoms with Crippen LogP contribution >= 0.6 is 11.3 Å². The molecule has 3 heteroatoms. The van der Waals surface area contributed by atoms with Crippen molar-refractivity contribution >= 4 is 11.3 Å². The van der Waals surface area contributed by atoms with Gasteiger partial charge in [0, 0.05) is 19.8 Å². The molecule has 12 heavy (non-hydrogen) atoms. The molecule has 0 radical (unpaired) electrons. The van der Waals surface area contributed by atoms with Gasteiger partial charge in [0.15, 0.2) is 0 Å². The number of ether oxygens (including phenoxy) is 1. The third kappa shape index (κ3) is 2.59. The summed E-state index contributed by atoms with van der Waals surface area (Å²) in [5.74, 6) is 0. The van der Waals surface area contributed by atoms with Crippen LogP contribution in [0.4, 0.5) is 0 Å². The lowest BCUT2D eigenvalue weighted by atomic mass is 10.1. The maximum Gasteiger partial charge on any atom is 0.0480 e. The summed E-state index contributed by atoms with van der Waals surface area (Å²) in [4.78, 5) is 0. The summed E-state index contributed by atoms with van der Waals surface area (Å²) < 4.78 is 5.04. The van der Waals surface area contributed by atoms with Crippen LogP contribution in [0.25, 0.3) is 0 Å². The van der Waals surface area contributed by atoms with Crippen molar-refractivity contribution in [3.63, 3.8) is 0 Å². The smallest absolute Gasteiger partial charge is 0.0480 e. The number of rotatable bonds is 5. The quantitative estimate of drug-likeness (QED) is 0.758. The van der Waals surface area contributed by atoms with Gasteiger partial charge < -0.3 is 10.1 Å². The Labute approximate surface area is 77.6 Å². The summed E-state index contributed by atoms with van der Waals surface area (Å²) in [6.07, 6.45) is 1.03. The highest BCUT2D eigenvalue weighted by Gasteiger charge is 2.07. The van der Waals surface area contributed by atoms with Crippen LogP contribution in [0.5, 0.6) is 0 Å². The average molecular weight is 185 g/mol. The minimum Gasteiger partial charge on any atom is -0.385 e. The van der Waals surface area contributed by atoms with E-state index >= 15 is 0 Å². The van der Waals surface area contributed by atoms with Gasteiger partial charge in [-0.2, -0.15) is 11.3 Å². The highest BCUT2D eigenvalue weighted by Crippen LogP contribution is 2.18. The molecule has 1 atom stereocenters. The summed E-state index contributed by atoms with van der Waals surface area (Å²) in [6, 6.07) is 2.60. The SMILES string of the molecule is CNC(CCOC)c1ccsc1. The second kappa shape index (κ2) is 5.30. The molecule has 1 N–H and O–H groups in total. The largest absolute Gasteiger partial charge is 0.385 e. The highest BCUT2D eigenvalue weighted by atomic mass is 32.1. The lowest BCUT2D eigenvalue weighted by molar-refractivity contribution is 0.184. The molecule has 2 nitrogen and oxygen atoms in total. The zero-order chi connectivity index (χ0) is 8.81. The van der Waals surface area contributed by atoms with E-state index < -0.39 is 0 Å². The molecule has 0 aromatic carbocycles. The van der Waals surface area contributed by atoms with Crippen LogP contribution in [0, 0.1) is 0 Å². The fraction of sp³-hybridized carbons (Fsp3) is 0.556. The molecule has 1 unspecified atom stereocenters. The molecule has 1 aromatic heterocycles. The van der Waals surface area contributed by atoms with Gasteiger partial charge in [-0.25, -0.2) is 0 Å². The minimum atomic E-state index is 0.441. The van der Waals surface area contributed by atoms with E-state index in [4.69, 9.17) is 4.74 Å². The third-order valence-electron chi connectivity index (χ3n) is 1.90. The fourth-order valence-electron chi connectivity index (χ4n) is 1.19. The van der Waals surface area contributed by atoms with E-state index in [9.17, 15) is 0 Å². The van der Waals surface area contributed by atoms with Crippen molar-refractivity contribution in [2.24, 2.45) is 0 Å². The zero-order valence-corrected chi connectivity index (χ0v) is 8.36. The monoisotopic (exact) mass is 185 g/mol. The van der Waals surface area contributed by atoms with Gasteiger partial charge in [0.1, 0.15) is 0 Å². The number of methoxy groups -OCH3 is 1. The van der Waals surface area contributed by atoms with E-state index in [0.717, 1.165) is 13.0 Å². The fourth-order valence-corrected chi connectivity index (χ4v) is 1.90. The third-order valence-corrected chi connectivity index (χ3v) is 2.61. The van der Waals surface area contributed by atoms with Crippen LogP contribution in [0.1, 0.15) is 18.0 Å². The first-order valence-electron chi connectivity index (χ1n) is 4.06. The molecular formula is C9H15NOS. The van der Waals surface area contributed by atoms with Crippen molar-refractivity contribution in [3.8, 4) is 0 Å². The van der Waals surface area contributed by atoms with Crippen LogP contribution in [0.15, 0.2) is 16.8 Å². The van der Waals surface area contributed by atoms with E-state index in [-0.39, 0.29) is 0 Å². The Balaban J connectivity index is 2.45. The molecule has 1 rings (SSSR count). The second-order valence-corrected chi connectivity index (χ2v) is 3.46. The number of nitrogens with one attached hydrogen (secondary N) is 1. The molecule has 0 saturated carbocycles. The summed E-state index contributed by atoms with van der Waals surface area (Å²) >= 11 is 1.74. The van der Waals surface area contributed by atoms with Crippen LogP contribution < -0.4 is 5.32 Å². The molecule has 0 aliphatic carbocycles. The van der Waals surface area contributed by atoms with Gasteiger partial charge in [0.2, 0.25) is 0 Å². The lowest BCUT2D eigenvalue weighted by Gasteiger charge is -2.13. The predicted octanol–water partition coefficient (Wildman–Crippen LogP) is 2.05. The van der Waals surface area contributed by atoms with E-state index in [0.29, 0.717) is 6.04 Å². The summed E-state index contributed by atoms with van der Waals surface area (Å²) in [5.41, 5.74) is 1.36. The standard InChI is InChI=1S/C9H15NOS/c1-10-9(3-5-11-2)8-4-6-12-7-8/h4,6-7,9-10H,3,5H2,1-2H3. The molecule has 0 bridgehead atoms. The molecule has 0 amide bonds. The van der Waals surface area contributed by atoms with E-state index in [2.05, 4.69) is 22.1 Å². The molecule has 0 spiro atoms. The van der Waals surface area contributed by atoms with Crippen LogP contribution in [0.3, 0.4) is 0 Å². The Kier molecular flexibility index (Phi) is 4.29. The minimum absolute atomic E-state index is 0.441. The first-order valence-corrected chi connectivity index (χ1v) is 5.01. The Hall–Kier alpha value is -0.380. The van der Waals surface area contributed by atoms with Crippen LogP contribution in [-0.4, -0.2) is 20.8 Å². The van der Waals surface area contributed by atoms with Crippen molar-refractivity contribution in [1.29, 1.82) is 0 Å². The molecule has 1 heterocycles. The van der Waals surface area contributed by atoms with Gasteiger partial charge in [0.25, 0.3) is 0 Å². The van der Waals surface area contributed by atoms with Gasteiger partial charge in [-0.1, -0.05) is 0 Å². The van der Waals surface area contributed by atoms with Crippen molar-refractivity contribution in [2.45, 2.75) is 12.5 Å². The Morgan fingerprint density at radius 3 is 3.00 bits per heavy atom. The second-order valence-electron chi connectivity index (χ2n) is 2.68. The summed E-state index contributed by atoms with van der Waals surface area (Å²) in [6.45, 7) is 0.807. The summed E-state index contributed by atoms with van der Waals surface area (Å²) in [5, 5.41) is 7.55. The molecule has 0 aliphatic heterocycles. The number of thiophene rings is 1. The Bertz CT molecular complexity index is 198. The van der Waals surface area contributed by atoms with E-state index in [1.165, 1.54) is 5.56 Å². The summed E-state index contributed by atoms with van der Waals surface area (Å²) in [7, 11) is 3.72. The van der Waals surface area contributed by atoms with Gasteiger partial charge in [-0.05, 0) is 35.9 Å². The van der Waals surface area contributed by atoms with E-state index in [1.54, 1.807) is 18.4 Å². The normalized spacial score (nSPS) is 13.2. The number of hydrogen-bond donors (Lipinski definition) is 1. The first-order chi connectivity index (χ1) is 5.88. The molecule has 0 aliphatic rings. The molecule has 1 aromatic rings. The van der Waals surface area contributed by atoms with Crippen molar-refractivity contribution in [2.75, 3.05) is 20.8 Å². The zero-order valence-electron chi connectivity index (χ0n) is 7.54. The van der Waals surface area contributed by atoms with Crippen molar-refractivity contribution < 1.29 is 4.74 Å². The Morgan fingerprint density at radius 2 is 2.50 bits per heavy atom. The molecule has 68 valence electrons. The van der Waals surface area contributed by atoms with Crippen LogP contribution in [0.2, 0.25) is 0 Å². The topological polar surface area (TPSA) is 21.3 Å². The first kappa shape index (κ1) is 9.71. The van der Waals surface area contributed by atoms with E-state index in [1.807, 2.05) is 7.05 Å². The molecular weight excluding hydrogens is 170 g/mol. The van der Waals surface area contributed by atoms with Crippen LogP contribution in [-0.2, 0) is 4.74 Å². The van der Waals surface area contributed by atoms with Gasteiger partial charge in [-0.15, -0.1) is 0 Å². The van der Waals surface area contributed by atoms with Gasteiger partial charge >= 0.3 is 0 Å². The van der Waals surface area contributed by atoms with Crippen molar-refractivity contribution in [1.82, 2.24) is 5.32 Å². The average Bonchev–Trinajstić information content (AvgIpc) is 2.59. The maximum absolute atomic E-state index is 5.04. The van der Waals surface area contributed by atoms with Gasteiger partial charge in [0.05, 0.1) is 0 Å². The highest BCUT2D eigenvalue weighted by molar-refractivity contribution is 7.07. The lowest BCUT2D eigenvalue weighted by Crippen LogP contribution is -2.17. The number of hydrogen-bond acceptors (Lipinski definition) is 3. The Morgan fingerprint density at radius 1 is 1.67 bits per heavy atom. The van der Waals surface area contributed by atoms with Gasteiger partial charge in [-0.3, -0.25) is 0 Å². The molecule has 0 saturated heterocycles. The molecule has 0 fully saturated rings. The van der Waals surface area contributed by atoms with Crippen molar-refractivity contribution in [3.05, 3.63) is 22.4 Å². The maximum atomic E-state index is 5.04.